The van der Waals surface area contributed by atoms with Crippen LogP contribution in [0.1, 0.15) is 47.0 Å². The van der Waals surface area contributed by atoms with E-state index in [1.807, 2.05) is 20.8 Å². The number of unbranched alkanes of at least 4 members (excludes halogenated alkanes) is 1. The molecule has 3 heteroatoms. The predicted octanol–water partition coefficient (Wildman–Crippen LogP) is 2.85. The number of thioether (sulfide) groups is 1. The maximum Gasteiger partial charge on any atom is 0.196 e. The van der Waals surface area contributed by atoms with Crippen molar-refractivity contribution >= 4 is 16.9 Å². The number of carbonyl (C=O) groups is 1. The first kappa shape index (κ1) is 15.5. The molecule has 0 rings (SSSR count). The van der Waals surface area contributed by atoms with Gasteiger partial charge in [0.25, 0.3) is 0 Å². The second kappa shape index (κ2) is 6.98. The lowest BCUT2D eigenvalue weighted by atomic mass is 9.98. The van der Waals surface area contributed by atoms with Crippen LogP contribution in [0.4, 0.5) is 0 Å². The second-order valence-corrected chi connectivity index (χ2v) is 6.72. The van der Waals surface area contributed by atoms with Gasteiger partial charge in [0.2, 0.25) is 0 Å². The molecular formula is C13H22O2S. The lowest BCUT2D eigenvalue weighted by Gasteiger charge is -2.22. The maximum absolute atomic E-state index is 12.0. The van der Waals surface area contributed by atoms with Crippen LogP contribution in [0.25, 0.3) is 0 Å². The highest BCUT2D eigenvalue weighted by molar-refractivity contribution is 8.14. The van der Waals surface area contributed by atoms with E-state index in [2.05, 4.69) is 12.8 Å². The molecule has 0 radical (unpaired) electrons. The Balaban J connectivity index is 4.51. The van der Waals surface area contributed by atoms with Gasteiger partial charge in [-0.15, -0.1) is 6.42 Å². The van der Waals surface area contributed by atoms with E-state index in [0.717, 1.165) is 12.8 Å². The molecule has 0 saturated carbocycles. The molecule has 0 aromatic carbocycles. The highest BCUT2D eigenvalue weighted by Gasteiger charge is 2.28. The van der Waals surface area contributed by atoms with Crippen molar-refractivity contribution in [2.75, 3.05) is 0 Å². The Kier molecular flexibility index (Phi) is 6.78. The molecule has 0 aliphatic rings. The summed E-state index contributed by atoms with van der Waals surface area (Å²) in [6.45, 7) is 8.00. The summed E-state index contributed by atoms with van der Waals surface area (Å²) in [6.07, 6.45) is 6.82. The zero-order valence-electron chi connectivity index (χ0n) is 10.6. The summed E-state index contributed by atoms with van der Waals surface area (Å²) in [5.41, 5.74) is 0. The van der Waals surface area contributed by atoms with Crippen LogP contribution in [0.5, 0.6) is 0 Å². The number of hydrogen-bond acceptors (Lipinski definition) is 3. The van der Waals surface area contributed by atoms with Crippen LogP contribution in [0, 0.1) is 18.3 Å². The van der Waals surface area contributed by atoms with Crippen LogP contribution in [-0.4, -0.2) is 21.1 Å². The van der Waals surface area contributed by atoms with E-state index in [-0.39, 0.29) is 9.86 Å². The summed E-state index contributed by atoms with van der Waals surface area (Å²) in [6, 6.07) is 0. The molecule has 0 amide bonds. The molecular weight excluding hydrogens is 220 g/mol. The normalized spacial score (nSPS) is 15.2. The van der Waals surface area contributed by atoms with E-state index in [1.165, 1.54) is 11.8 Å². The van der Waals surface area contributed by atoms with Crippen LogP contribution in [0.2, 0.25) is 0 Å². The fourth-order valence-corrected chi connectivity index (χ4v) is 2.32. The number of aliphatic hydroxyl groups excluding tert-OH is 1. The summed E-state index contributed by atoms with van der Waals surface area (Å²) in [7, 11) is 0. The molecule has 16 heavy (non-hydrogen) atoms. The first-order chi connectivity index (χ1) is 7.31. The Bertz CT molecular complexity index is 260. The average molecular weight is 242 g/mol. The molecule has 2 nitrogen and oxygen atoms in total. The molecule has 1 N–H and O–H groups in total. The Morgan fingerprint density at radius 2 is 2.06 bits per heavy atom. The van der Waals surface area contributed by atoms with Crippen LogP contribution in [0.15, 0.2) is 0 Å². The largest absolute Gasteiger partial charge is 0.380 e. The van der Waals surface area contributed by atoms with Crippen molar-refractivity contribution in [3.63, 3.8) is 0 Å². The van der Waals surface area contributed by atoms with Gasteiger partial charge in [-0.2, -0.15) is 0 Å². The molecule has 92 valence electrons. The van der Waals surface area contributed by atoms with Crippen LogP contribution < -0.4 is 0 Å². The van der Waals surface area contributed by atoms with Crippen molar-refractivity contribution < 1.29 is 9.90 Å². The summed E-state index contributed by atoms with van der Waals surface area (Å²) >= 11 is 1.26. The third-order valence-corrected chi connectivity index (χ3v) is 3.25. The van der Waals surface area contributed by atoms with E-state index >= 15 is 0 Å². The Hall–Kier alpha value is -0.460. The highest BCUT2D eigenvalue weighted by Crippen LogP contribution is 2.30. The van der Waals surface area contributed by atoms with E-state index in [1.54, 1.807) is 0 Å². The van der Waals surface area contributed by atoms with Gasteiger partial charge in [0.15, 0.2) is 5.12 Å². The molecule has 0 aliphatic heterocycles. The first-order valence-electron chi connectivity index (χ1n) is 5.69. The zero-order valence-corrected chi connectivity index (χ0v) is 11.4. The summed E-state index contributed by atoms with van der Waals surface area (Å²) in [4.78, 5) is 12.0. The minimum atomic E-state index is -0.950. The molecule has 0 bridgehead atoms. The van der Waals surface area contributed by atoms with Gasteiger partial charge in [-0.1, -0.05) is 58.2 Å². The molecule has 0 saturated heterocycles. The van der Waals surface area contributed by atoms with Crippen molar-refractivity contribution in [1.82, 2.24) is 0 Å². The van der Waals surface area contributed by atoms with E-state index in [4.69, 9.17) is 6.42 Å². The van der Waals surface area contributed by atoms with Gasteiger partial charge in [-0.3, -0.25) is 4.79 Å². The zero-order chi connectivity index (χ0) is 12.8. The Morgan fingerprint density at radius 1 is 1.50 bits per heavy atom. The third kappa shape index (κ3) is 6.19. The monoisotopic (exact) mass is 242 g/mol. The topological polar surface area (TPSA) is 37.3 Å². The molecule has 0 aliphatic carbocycles. The van der Waals surface area contributed by atoms with E-state index < -0.39 is 12.0 Å². The van der Waals surface area contributed by atoms with E-state index in [9.17, 15) is 9.90 Å². The van der Waals surface area contributed by atoms with Gasteiger partial charge in [0.1, 0.15) is 6.10 Å². The average Bonchev–Trinajstić information content (AvgIpc) is 2.15. The van der Waals surface area contributed by atoms with Gasteiger partial charge in [0, 0.05) is 4.75 Å². The standard InChI is InChI=1S/C13H22O2S/c1-6-8-9-10(11(14)7-2)12(15)16-13(3,4)5/h2,10-11,14H,6,8-9H2,1,3-5H3/t10-,11-/m0/s1. The molecule has 0 fully saturated rings. The summed E-state index contributed by atoms with van der Waals surface area (Å²) in [5, 5.41) is 9.65. The Labute approximate surface area is 103 Å². The fourth-order valence-electron chi connectivity index (χ4n) is 1.32. The molecule has 2 atom stereocenters. The second-order valence-electron chi connectivity index (χ2n) is 4.89. The maximum atomic E-state index is 12.0. The van der Waals surface area contributed by atoms with E-state index in [0.29, 0.717) is 6.42 Å². The number of hydrogen-bond donors (Lipinski definition) is 1. The minimum absolute atomic E-state index is 0.00593. The van der Waals surface area contributed by atoms with Crippen LogP contribution in [0.3, 0.4) is 0 Å². The van der Waals surface area contributed by atoms with Gasteiger partial charge in [-0.25, -0.2) is 0 Å². The van der Waals surface area contributed by atoms with Crippen LogP contribution >= 0.6 is 11.8 Å². The number of carbonyl (C=O) groups excluding carboxylic acids is 1. The van der Waals surface area contributed by atoms with Gasteiger partial charge in [0.05, 0.1) is 5.92 Å². The number of rotatable bonds is 5. The lowest BCUT2D eigenvalue weighted by Crippen LogP contribution is -2.28. The highest BCUT2D eigenvalue weighted by atomic mass is 32.2. The third-order valence-electron chi connectivity index (χ3n) is 2.13. The number of terminal acetylenes is 1. The lowest BCUT2D eigenvalue weighted by molar-refractivity contribution is -0.116. The van der Waals surface area contributed by atoms with Crippen molar-refractivity contribution in [1.29, 1.82) is 0 Å². The fraction of sp³-hybridized carbons (Fsp3) is 0.769. The smallest absolute Gasteiger partial charge is 0.196 e. The molecule has 0 aromatic rings. The SMILES string of the molecule is C#C[C@H](O)[C@H](CCCC)C(=O)SC(C)(C)C. The summed E-state index contributed by atoms with van der Waals surface area (Å²) in [5.74, 6) is 1.84. The molecule has 0 spiro atoms. The molecule has 0 heterocycles. The number of aliphatic hydroxyl groups is 1. The quantitative estimate of drug-likeness (QED) is 0.753. The first-order valence-corrected chi connectivity index (χ1v) is 6.50. The Morgan fingerprint density at radius 3 is 2.44 bits per heavy atom. The van der Waals surface area contributed by atoms with Gasteiger partial charge < -0.3 is 5.11 Å². The summed E-state index contributed by atoms with van der Waals surface area (Å²) < 4.78 is -0.129. The van der Waals surface area contributed by atoms with Gasteiger partial charge in [-0.05, 0) is 6.42 Å². The van der Waals surface area contributed by atoms with Crippen molar-refractivity contribution in [2.24, 2.45) is 5.92 Å². The van der Waals surface area contributed by atoms with Crippen molar-refractivity contribution in [3.05, 3.63) is 0 Å². The molecule has 0 unspecified atom stereocenters. The van der Waals surface area contributed by atoms with Crippen molar-refractivity contribution in [2.45, 2.75) is 57.8 Å². The van der Waals surface area contributed by atoms with Gasteiger partial charge >= 0.3 is 0 Å². The van der Waals surface area contributed by atoms with Crippen LogP contribution in [-0.2, 0) is 4.79 Å². The molecule has 0 aromatic heterocycles. The van der Waals surface area contributed by atoms with Crippen molar-refractivity contribution in [3.8, 4) is 12.3 Å². The predicted molar refractivity (Wildman–Crippen MR) is 70.2 cm³/mol. The minimum Gasteiger partial charge on any atom is -0.380 e.